The lowest BCUT2D eigenvalue weighted by molar-refractivity contribution is -0.149. The van der Waals surface area contributed by atoms with Gasteiger partial charge in [0, 0.05) is 25.8 Å². The van der Waals surface area contributed by atoms with Gasteiger partial charge < -0.3 is 14.2 Å². The average molecular weight is 362 g/mol. The van der Waals surface area contributed by atoms with Crippen molar-refractivity contribution in [2.24, 2.45) is 5.92 Å². The highest BCUT2D eigenvalue weighted by Gasteiger charge is 2.44. The Morgan fingerprint density at radius 3 is 2.69 bits per heavy atom. The zero-order valence-corrected chi connectivity index (χ0v) is 14.9. The first kappa shape index (κ1) is 19.6. The van der Waals surface area contributed by atoms with Crippen molar-refractivity contribution in [2.75, 3.05) is 6.61 Å². The molecule has 0 radical (unpaired) electrons. The number of ether oxygens (including phenoxy) is 3. The van der Waals surface area contributed by atoms with Crippen molar-refractivity contribution in [2.45, 2.75) is 45.3 Å². The summed E-state index contributed by atoms with van der Waals surface area (Å²) in [6.45, 7) is 6.40. The third-order valence-corrected chi connectivity index (χ3v) is 4.30. The zero-order valence-electron chi connectivity index (χ0n) is 14.9. The minimum atomic E-state index is -0.753. The van der Waals surface area contributed by atoms with Crippen molar-refractivity contribution in [3.63, 3.8) is 0 Å². The molecule has 1 fully saturated rings. The van der Waals surface area contributed by atoms with Crippen molar-refractivity contribution in [1.82, 2.24) is 0 Å². The summed E-state index contributed by atoms with van der Waals surface area (Å²) < 4.78 is 15.8. The monoisotopic (exact) mass is 362 g/mol. The van der Waals surface area contributed by atoms with Crippen LogP contribution in [0.15, 0.2) is 35.5 Å². The quantitative estimate of drug-likeness (QED) is 0.247. The number of rotatable bonds is 4. The summed E-state index contributed by atoms with van der Waals surface area (Å²) in [6.07, 6.45) is 3.99. The van der Waals surface area contributed by atoms with Crippen molar-refractivity contribution < 1.29 is 33.4 Å². The smallest absolute Gasteiger partial charge is 0.334 e. The number of allylic oxidation sites excluding steroid dienone is 1. The Hall–Kier alpha value is -2.70. The van der Waals surface area contributed by atoms with E-state index in [1.165, 1.54) is 13.8 Å². The van der Waals surface area contributed by atoms with Crippen LogP contribution in [0.25, 0.3) is 0 Å². The number of carbonyl (C=O) groups is 4. The van der Waals surface area contributed by atoms with Gasteiger partial charge >= 0.3 is 17.9 Å². The molecule has 1 unspecified atom stereocenters. The van der Waals surface area contributed by atoms with Gasteiger partial charge in [-0.1, -0.05) is 12.7 Å². The first-order chi connectivity index (χ1) is 12.3. The Kier molecular flexibility index (Phi) is 6.49. The molecule has 0 amide bonds. The molecule has 1 aliphatic heterocycles. The van der Waals surface area contributed by atoms with Crippen molar-refractivity contribution >= 4 is 24.2 Å². The lowest BCUT2D eigenvalue weighted by atomic mass is 9.85. The molecule has 0 aromatic rings. The minimum absolute atomic E-state index is 0.0606. The lowest BCUT2D eigenvalue weighted by Crippen LogP contribution is -2.33. The third kappa shape index (κ3) is 4.91. The second-order valence-corrected chi connectivity index (χ2v) is 6.31. The maximum absolute atomic E-state index is 12.0. The van der Waals surface area contributed by atoms with Gasteiger partial charge in [0.05, 0.1) is 5.92 Å². The van der Waals surface area contributed by atoms with E-state index < -0.39 is 36.0 Å². The van der Waals surface area contributed by atoms with Crippen LogP contribution in [-0.2, 0) is 33.4 Å². The maximum Gasteiger partial charge on any atom is 0.334 e. The summed E-state index contributed by atoms with van der Waals surface area (Å²) in [4.78, 5) is 46.0. The second kappa shape index (κ2) is 8.60. The Balaban J connectivity index is 2.40. The molecule has 0 saturated carbocycles. The van der Waals surface area contributed by atoms with Gasteiger partial charge in [-0.15, -0.1) is 0 Å². The summed E-state index contributed by atoms with van der Waals surface area (Å²) in [5, 5.41) is 0. The molecule has 7 nitrogen and oxygen atoms in total. The van der Waals surface area contributed by atoms with Crippen LogP contribution >= 0.6 is 0 Å². The summed E-state index contributed by atoms with van der Waals surface area (Å²) >= 11 is 0. The Labute approximate surface area is 151 Å². The van der Waals surface area contributed by atoms with Gasteiger partial charge in [0.1, 0.15) is 25.1 Å². The van der Waals surface area contributed by atoms with Crippen LogP contribution in [0.5, 0.6) is 0 Å². The molecule has 140 valence electrons. The van der Waals surface area contributed by atoms with Crippen molar-refractivity contribution in [3.05, 3.63) is 35.5 Å². The van der Waals surface area contributed by atoms with Gasteiger partial charge in [-0.2, -0.15) is 0 Å². The van der Waals surface area contributed by atoms with Crippen LogP contribution < -0.4 is 0 Å². The van der Waals surface area contributed by atoms with E-state index in [4.69, 9.17) is 14.2 Å². The summed E-state index contributed by atoms with van der Waals surface area (Å²) in [6, 6.07) is 0. The number of aldehydes is 1. The fourth-order valence-electron chi connectivity index (χ4n) is 3.12. The van der Waals surface area contributed by atoms with Gasteiger partial charge in [0.15, 0.2) is 0 Å². The van der Waals surface area contributed by atoms with Crippen LogP contribution in [0, 0.1) is 5.92 Å². The van der Waals surface area contributed by atoms with Gasteiger partial charge in [-0.3, -0.25) is 14.4 Å². The Morgan fingerprint density at radius 1 is 1.35 bits per heavy atom. The van der Waals surface area contributed by atoms with Gasteiger partial charge in [0.25, 0.3) is 0 Å². The number of hydrogen-bond acceptors (Lipinski definition) is 7. The van der Waals surface area contributed by atoms with Crippen LogP contribution in [-0.4, -0.2) is 43.0 Å². The fraction of sp³-hybridized carbons (Fsp3) is 0.474. The van der Waals surface area contributed by atoms with E-state index in [1.54, 1.807) is 12.2 Å². The summed E-state index contributed by atoms with van der Waals surface area (Å²) in [5.74, 6) is -2.13. The molecular formula is C19H22O7. The van der Waals surface area contributed by atoms with Crippen molar-refractivity contribution in [1.29, 1.82) is 0 Å². The highest BCUT2D eigenvalue weighted by molar-refractivity contribution is 5.91. The maximum atomic E-state index is 12.0. The predicted octanol–water partition coefficient (Wildman–Crippen LogP) is 1.81. The molecule has 1 aliphatic carbocycles. The fourth-order valence-corrected chi connectivity index (χ4v) is 3.12. The highest BCUT2D eigenvalue weighted by atomic mass is 16.6. The Bertz CT molecular complexity index is 686. The van der Waals surface area contributed by atoms with Crippen LogP contribution in [0.4, 0.5) is 0 Å². The molecule has 26 heavy (non-hydrogen) atoms. The van der Waals surface area contributed by atoms with E-state index >= 15 is 0 Å². The zero-order chi connectivity index (χ0) is 19.3. The molecular weight excluding hydrogens is 340 g/mol. The van der Waals surface area contributed by atoms with Gasteiger partial charge in [-0.25, -0.2) is 4.79 Å². The lowest BCUT2D eigenvalue weighted by Gasteiger charge is -2.26. The molecule has 0 spiro atoms. The molecule has 1 heterocycles. The first-order valence-electron chi connectivity index (χ1n) is 8.36. The van der Waals surface area contributed by atoms with Crippen molar-refractivity contribution in [3.8, 4) is 0 Å². The predicted molar refractivity (Wildman–Crippen MR) is 90.8 cm³/mol. The van der Waals surface area contributed by atoms with Gasteiger partial charge in [0.2, 0.25) is 0 Å². The number of carbonyl (C=O) groups excluding carboxylic acids is 4. The number of esters is 3. The first-order valence-corrected chi connectivity index (χ1v) is 8.36. The normalized spacial score (nSPS) is 30.0. The van der Waals surface area contributed by atoms with E-state index in [-0.39, 0.29) is 18.6 Å². The molecule has 2 rings (SSSR count). The van der Waals surface area contributed by atoms with E-state index in [1.807, 2.05) is 0 Å². The molecule has 0 aromatic heterocycles. The molecule has 1 saturated heterocycles. The molecule has 0 N–H and O–H groups in total. The molecule has 0 aromatic carbocycles. The number of fused-ring (bicyclic) bond motifs is 1. The SMILES string of the molecule is C=C1C(=O)O[C@@H]2/C=C(/COC(C)=O)CC/C=C(/C=O)CC(OC(C)=O)[C@@H]12. The molecule has 3 atom stereocenters. The molecule has 7 heteroatoms. The van der Waals surface area contributed by atoms with Crippen LogP contribution in [0.2, 0.25) is 0 Å². The molecule has 0 bridgehead atoms. The molecule has 2 aliphatic rings. The van der Waals surface area contributed by atoms with E-state index in [0.29, 0.717) is 24.7 Å². The largest absolute Gasteiger partial charge is 0.461 e. The van der Waals surface area contributed by atoms with Crippen LogP contribution in [0.1, 0.15) is 33.1 Å². The van der Waals surface area contributed by atoms with E-state index in [9.17, 15) is 19.2 Å². The third-order valence-electron chi connectivity index (χ3n) is 4.30. The minimum Gasteiger partial charge on any atom is -0.461 e. The van der Waals surface area contributed by atoms with E-state index in [2.05, 4.69) is 6.58 Å². The summed E-state index contributed by atoms with van der Waals surface area (Å²) in [7, 11) is 0. The number of hydrogen-bond donors (Lipinski definition) is 0. The standard InChI is InChI=1S/C19H22O7/c1-11-18-16(25-13(3)22)7-14(9-20)5-4-6-15(10-24-12(2)21)8-17(18)26-19(11)23/h5,8-9,16-18H,1,4,6-7,10H2,2-3H3/b14-5+,15-8+/t16?,17-,18-/m1/s1. The topological polar surface area (TPSA) is 96.0 Å². The Morgan fingerprint density at radius 2 is 2.08 bits per heavy atom. The summed E-state index contributed by atoms with van der Waals surface area (Å²) in [5.41, 5.74) is 1.41. The highest BCUT2D eigenvalue weighted by Crippen LogP contribution is 2.36. The van der Waals surface area contributed by atoms with Crippen LogP contribution in [0.3, 0.4) is 0 Å². The average Bonchev–Trinajstić information content (AvgIpc) is 2.84. The van der Waals surface area contributed by atoms with E-state index in [0.717, 1.165) is 5.57 Å². The second-order valence-electron chi connectivity index (χ2n) is 6.31. The van der Waals surface area contributed by atoms with Gasteiger partial charge in [-0.05, 0) is 30.1 Å².